The van der Waals surface area contributed by atoms with Crippen molar-refractivity contribution < 1.29 is 10.0 Å². The Morgan fingerprint density at radius 3 is 2.75 bits per heavy atom. The predicted molar refractivity (Wildman–Crippen MR) is 94.1 cm³/mol. The van der Waals surface area contributed by atoms with Crippen LogP contribution >= 0.6 is 11.6 Å². The quantitative estimate of drug-likeness (QED) is 0.426. The minimum absolute atomic E-state index is 0.0907. The Labute approximate surface area is 143 Å². The van der Waals surface area contributed by atoms with E-state index in [-0.39, 0.29) is 5.91 Å². The molecule has 0 saturated heterocycles. The molecule has 1 aliphatic rings. The molecule has 0 saturated carbocycles. The summed E-state index contributed by atoms with van der Waals surface area (Å²) in [6.45, 7) is 1.17. The molecule has 4 rings (SSSR count). The Balaban J connectivity index is 2.13. The first-order valence-corrected chi connectivity index (χ1v) is 7.95. The highest BCUT2D eigenvalue weighted by Gasteiger charge is 2.24. The summed E-state index contributed by atoms with van der Waals surface area (Å²) in [5.74, 6) is -0.0907. The van der Waals surface area contributed by atoms with E-state index in [9.17, 15) is 4.79 Å². The van der Waals surface area contributed by atoms with Crippen molar-refractivity contribution in [3.63, 3.8) is 0 Å². The summed E-state index contributed by atoms with van der Waals surface area (Å²) < 4.78 is 2.10. The predicted octanol–water partition coefficient (Wildman–Crippen LogP) is 3.51. The Morgan fingerprint density at radius 2 is 2.00 bits per heavy atom. The summed E-state index contributed by atoms with van der Waals surface area (Å²) in [5.41, 5.74) is 4.12. The molecule has 3 aromatic rings. The Hall–Kier alpha value is -2.79. The van der Waals surface area contributed by atoms with Crippen LogP contribution in [0.3, 0.4) is 0 Å². The van der Waals surface area contributed by atoms with E-state index < -0.39 is 0 Å². The Kier molecular flexibility index (Phi) is 3.50. The number of aromatic nitrogens is 1. The van der Waals surface area contributed by atoms with Crippen molar-refractivity contribution in [3.05, 3.63) is 58.6 Å². The largest absolute Gasteiger partial charge is 0.411 e. The SMILES string of the molecule is O=C1NCCn2c(-c3ccc(Cl)cc3)c(C=NO)c3cccc1c32. The van der Waals surface area contributed by atoms with Gasteiger partial charge in [0, 0.05) is 29.1 Å². The van der Waals surface area contributed by atoms with Crippen molar-refractivity contribution in [1.29, 1.82) is 0 Å². The molecule has 0 fully saturated rings. The van der Waals surface area contributed by atoms with Crippen LogP contribution in [0.25, 0.3) is 22.2 Å². The van der Waals surface area contributed by atoms with E-state index in [1.54, 1.807) is 0 Å². The van der Waals surface area contributed by atoms with Gasteiger partial charge >= 0.3 is 0 Å². The number of nitrogens with one attached hydrogen (secondary N) is 1. The first kappa shape index (κ1) is 14.8. The lowest BCUT2D eigenvalue weighted by atomic mass is 10.0. The molecule has 0 aliphatic carbocycles. The van der Waals surface area contributed by atoms with Gasteiger partial charge in [-0.3, -0.25) is 4.79 Å². The molecule has 24 heavy (non-hydrogen) atoms. The van der Waals surface area contributed by atoms with Crippen molar-refractivity contribution in [1.82, 2.24) is 9.88 Å². The van der Waals surface area contributed by atoms with Crippen molar-refractivity contribution in [2.45, 2.75) is 6.54 Å². The zero-order valence-electron chi connectivity index (χ0n) is 12.7. The fraction of sp³-hybridized carbons (Fsp3) is 0.111. The van der Waals surface area contributed by atoms with Crippen LogP contribution in [0.2, 0.25) is 5.02 Å². The molecule has 0 bridgehead atoms. The highest BCUT2D eigenvalue weighted by Crippen LogP contribution is 2.35. The minimum Gasteiger partial charge on any atom is -0.411 e. The lowest BCUT2D eigenvalue weighted by Crippen LogP contribution is -2.24. The van der Waals surface area contributed by atoms with Crippen LogP contribution in [0.4, 0.5) is 0 Å². The maximum atomic E-state index is 12.3. The maximum Gasteiger partial charge on any atom is 0.253 e. The van der Waals surface area contributed by atoms with E-state index in [4.69, 9.17) is 16.8 Å². The molecule has 0 atom stereocenters. The standard InChI is InChI=1S/C18H14ClN3O2/c19-12-6-4-11(5-7-12)16-15(10-21-24)13-2-1-3-14-17(13)22(16)9-8-20-18(14)23/h1-7,10,24H,8-9H2,(H,20,23). The van der Waals surface area contributed by atoms with Crippen molar-refractivity contribution >= 4 is 34.6 Å². The number of carbonyl (C=O) groups excluding carboxylic acids is 1. The third-order valence-electron chi connectivity index (χ3n) is 4.29. The number of hydrogen-bond acceptors (Lipinski definition) is 3. The first-order valence-electron chi connectivity index (χ1n) is 7.57. The van der Waals surface area contributed by atoms with E-state index in [2.05, 4.69) is 15.0 Å². The fourth-order valence-electron chi connectivity index (χ4n) is 3.33. The molecular weight excluding hydrogens is 326 g/mol. The number of nitrogens with zero attached hydrogens (tertiary/aromatic N) is 2. The van der Waals surface area contributed by atoms with Gasteiger partial charge in [-0.15, -0.1) is 0 Å². The maximum absolute atomic E-state index is 12.3. The topological polar surface area (TPSA) is 66.6 Å². The molecule has 6 heteroatoms. The molecule has 2 N–H and O–H groups in total. The zero-order valence-corrected chi connectivity index (χ0v) is 13.4. The van der Waals surface area contributed by atoms with E-state index in [1.165, 1.54) is 6.21 Å². The number of halogens is 1. The number of oxime groups is 1. The summed E-state index contributed by atoms with van der Waals surface area (Å²) in [6, 6.07) is 13.1. The summed E-state index contributed by atoms with van der Waals surface area (Å²) in [6.07, 6.45) is 1.42. The number of para-hydroxylation sites is 1. The van der Waals surface area contributed by atoms with Crippen LogP contribution in [-0.4, -0.2) is 28.4 Å². The van der Waals surface area contributed by atoms with E-state index in [1.807, 2.05) is 42.5 Å². The number of amides is 1. The molecule has 0 spiro atoms. The van der Waals surface area contributed by atoms with Crippen LogP contribution in [-0.2, 0) is 6.54 Å². The minimum atomic E-state index is -0.0907. The van der Waals surface area contributed by atoms with Crippen LogP contribution in [0, 0.1) is 0 Å². The molecule has 1 amide bonds. The third-order valence-corrected chi connectivity index (χ3v) is 4.54. The van der Waals surface area contributed by atoms with Crippen LogP contribution in [0.15, 0.2) is 47.6 Å². The van der Waals surface area contributed by atoms with Gasteiger partial charge < -0.3 is 15.1 Å². The highest BCUT2D eigenvalue weighted by atomic mass is 35.5. The van der Waals surface area contributed by atoms with Gasteiger partial charge in [-0.2, -0.15) is 0 Å². The normalized spacial score (nSPS) is 14.1. The highest BCUT2D eigenvalue weighted by molar-refractivity contribution is 6.30. The number of carbonyl (C=O) groups is 1. The second kappa shape index (κ2) is 5.69. The number of rotatable bonds is 2. The third kappa shape index (κ3) is 2.17. The van der Waals surface area contributed by atoms with E-state index >= 15 is 0 Å². The summed E-state index contributed by atoms with van der Waals surface area (Å²) in [4.78, 5) is 12.3. The van der Waals surface area contributed by atoms with Gasteiger partial charge in [0.1, 0.15) is 0 Å². The molecule has 2 heterocycles. The van der Waals surface area contributed by atoms with Crippen molar-refractivity contribution in [2.24, 2.45) is 5.16 Å². The molecule has 0 radical (unpaired) electrons. The summed E-state index contributed by atoms with van der Waals surface area (Å²) in [7, 11) is 0. The van der Waals surface area contributed by atoms with Crippen LogP contribution in [0.5, 0.6) is 0 Å². The zero-order chi connectivity index (χ0) is 16.7. The van der Waals surface area contributed by atoms with E-state index in [0.29, 0.717) is 23.7 Å². The lowest BCUT2D eigenvalue weighted by Gasteiger charge is -2.10. The van der Waals surface area contributed by atoms with Gasteiger partial charge in [0.25, 0.3) is 5.91 Å². The van der Waals surface area contributed by atoms with Gasteiger partial charge in [0.15, 0.2) is 0 Å². The summed E-state index contributed by atoms with van der Waals surface area (Å²) in [5, 5.41) is 16.8. The summed E-state index contributed by atoms with van der Waals surface area (Å²) >= 11 is 6.01. The smallest absolute Gasteiger partial charge is 0.253 e. The second-order valence-electron chi connectivity index (χ2n) is 5.62. The van der Waals surface area contributed by atoms with Crippen LogP contribution < -0.4 is 5.32 Å². The number of benzene rings is 2. The average Bonchev–Trinajstić information content (AvgIpc) is 2.79. The molecular formula is C18H14ClN3O2. The average molecular weight is 340 g/mol. The molecule has 1 aromatic heterocycles. The van der Waals surface area contributed by atoms with Gasteiger partial charge in [-0.05, 0) is 23.8 Å². The molecule has 1 aliphatic heterocycles. The van der Waals surface area contributed by atoms with Crippen molar-refractivity contribution in [3.8, 4) is 11.3 Å². The fourth-order valence-corrected chi connectivity index (χ4v) is 3.45. The molecule has 0 unspecified atom stereocenters. The van der Waals surface area contributed by atoms with Gasteiger partial charge in [-0.25, -0.2) is 0 Å². The van der Waals surface area contributed by atoms with Gasteiger partial charge in [0.2, 0.25) is 0 Å². The number of hydrogen-bond donors (Lipinski definition) is 2. The van der Waals surface area contributed by atoms with Crippen LogP contribution in [0.1, 0.15) is 15.9 Å². The lowest BCUT2D eigenvalue weighted by molar-refractivity contribution is 0.0956. The monoisotopic (exact) mass is 339 g/mol. The second-order valence-corrected chi connectivity index (χ2v) is 6.06. The Morgan fingerprint density at radius 1 is 1.21 bits per heavy atom. The van der Waals surface area contributed by atoms with Crippen molar-refractivity contribution in [2.75, 3.05) is 6.54 Å². The van der Waals surface area contributed by atoms with Gasteiger partial charge in [-0.1, -0.05) is 41.0 Å². The van der Waals surface area contributed by atoms with E-state index in [0.717, 1.165) is 27.7 Å². The molecule has 120 valence electrons. The first-order chi connectivity index (χ1) is 11.7. The molecule has 2 aromatic carbocycles. The Bertz CT molecular complexity index is 974. The van der Waals surface area contributed by atoms with Gasteiger partial charge in [0.05, 0.1) is 23.0 Å². The molecule has 5 nitrogen and oxygen atoms in total.